The lowest BCUT2D eigenvalue weighted by Crippen LogP contribution is -2.38. The summed E-state index contributed by atoms with van der Waals surface area (Å²) in [5, 5.41) is 11.3. The molecule has 0 aliphatic rings. The van der Waals surface area contributed by atoms with Crippen LogP contribution in [0.4, 0.5) is 0 Å². The molecule has 1 atom stereocenters. The highest BCUT2D eigenvalue weighted by molar-refractivity contribution is 5.73. The minimum absolute atomic E-state index is 0.441. The van der Waals surface area contributed by atoms with Crippen LogP contribution < -0.4 is 11.1 Å². The summed E-state index contributed by atoms with van der Waals surface area (Å²) in [6.07, 6.45) is 0.593. The van der Waals surface area contributed by atoms with E-state index < -0.39 is 12.0 Å². The minimum atomic E-state index is -0.809. The average molecular weight is 146 g/mol. The number of aliphatic carboxylic acids is 1. The van der Waals surface area contributed by atoms with E-state index in [2.05, 4.69) is 5.32 Å². The van der Waals surface area contributed by atoms with Crippen LogP contribution in [0.5, 0.6) is 0 Å². The Morgan fingerprint density at radius 2 is 2.40 bits per heavy atom. The first-order valence-corrected chi connectivity index (χ1v) is 3.38. The predicted octanol–water partition coefficient (Wildman–Crippen LogP) is -0.602. The summed E-state index contributed by atoms with van der Waals surface area (Å²) in [4.78, 5) is 10.3. The zero-order chi connectivity index (χ0) is 7.98. The van der Waals surface area contributed by atoms with Gasteiger partial charge in [0, 0.05) is 13.1 Å². The first kappa shape index (κ1) is 9.39. The van der Waals surface area contributed by atoms with Gasteiger partial charge in [-0.25, -0.2) is 0 Å². The Hall–Kier alpha value is -0.610. The second-order valence-corrected chi connectivity index (χ2v) is 2.04. The van der Waals surface area contributed by atoms with Crippen LogP contribution in [0, 0.1) is 0 Å². The molecule has 0 rings (SSSR count). The lowest BCUT2D eigenvalue weighted by molar-refractivity contribution is -0.139. The highest BCUT2D eigenvalue weighted by atomic mass is 16.4. The van der Waals surface area contributed by atoms with Gasteiger partial charge in [0.15, 0.2) is 0 Å². The number of hydrogen-bond donors (Lipinski definition) is 3. The van der Waals surface area contributed by atoms with E-state index in [9.17, 15) is 4.79 Å². The number of rotatable bonds is 5. The summed E-state index contributed by atoms with van der Waals surface area (Å²) >= 11 is 0. The molecule has 0 aromatic heterocycles. The van der Waals surface area contributed by atoms with Gasteiger partial charge >= 0.3 is 5.97 Å². The molecule has 0 radical (unpaired) electrons. The number of hydrogen-bond acceptors (Lipinski definition) is 3. The molecule has 0 heterocycles. The fourth-order valence-corrected chi connectivity index (χ4v) is 0.664. The molecule has 1 unspecified atom stereocenters. The van der Waals surface area contributed by atoms with Crippen molar-refractivity contribution in [1.82, 2.24) is 5.32 Å². The van der Waals surface area contributed by atoms with Crippen molar-refractivity contribution in [3.63, 3.8) is 0 Å². The maximum Gasteiger partial charge on any atom is 0.320 e. The summed E-state index contributed by atoms with van der Waals surface area (Å²) in [6, 6.07) is -0.441. The highest BCUT2D eigenvalue weighted by Crippen LogP contribution is 1.88. The monoisotopic (exact) mass is 146 g/mol. The van der Waals surface area contributed by atoms with Gasteiger partial charge in [-0.05, 0) is 6.42 Å². The van der Waals surface area contributed by atoms with Crippen molar-refractivity contribution in [2.24, 2.45) is 5.73 Å². The first-order valence-electron chi connectivity index (χ1n) is 3.38. The Morgan fingerprint density at radius 3 is 2.70 bits per heavy atom. The van der Waals surface area contributed by atoms with Crippen molar-refractivity contribution in [2.45, 2.75) is 19.4 Å². The Balaban J connectivity index is 3.50. The van der Waals surface area contributed by atoms with Gasteiger partial charge in [-0.3, -0.25) is 4.79 Å². The Bertz CT molecular complexity index is 106. The molecule has 0 aliphatic carbocycles. The second-order valence-electron chi connectivity index (χ2n) is 2.04. The molecule has 0 aromatic carbocycles. The van der Waals surface area contributed by atoms with Crippen molar-refractivity contribution in [3.05, 3.63) is 0 Å². The summed E-state index contributed by atoms with van der Waals surface area (Å²) in [6.45, 7) is 2.86. The fraction of sp³-hybridized carbons (Fsp3) is 0.833. The van der Waals surface area contributed by atoms with E-state index in [4.69, 9.17) is 10.8 Å². The topological polar surface area (TPSA) is 75.3 Å². The third-order valence-corrected chi connectivity index (χ3v) is 1.24. The smallest absolute Gasteiger partial charge is 0.320 e. The Morgan fingerprint density at radius 1 is 1.80 bits per heavy atom. The van der Waals surface area contributed by atoms with Crippen LogP contribution in [-0.2, 0) is 4.79 Å². The number of carbonyl (C=O) groups is 1. The van der Waals surface area contributed by atoms with Crippen molar-refractivity contribution in [1.29, 1.82) is 0 Å². The Labute approximate surface area is 60.4 Å². The van der Waals surface area contributed by atoms with Crippen LogP contribution >= 0.6 is 0 Å². The van der Waals surface area contributed by atoms with E-state index in [1.807, 2.05) is 6.92 Å². The van der Waals surface area contributed by atoms with E-state index in [1.165, 1.54) is 0 Å². The molecule has 0 amide bonds. The standard InChI is InChI=1S/C6H14N2O2/c1-2-5(6(9)10)8-4-3-7/h5,8H,2-4,7H2,1H3,(H,9,10). The lowest BCUT2D eigenvalue weighted by Gasteiger charge is -2.09. The lowest BCUT2D eigenvalue weighted by atomic mass is 10.2. The van der Waals surface area contributed by atoms with Gasteiger partial charge < -0.3 is 16.2 Å². The number of carboxylic acid groups (broad SMARTS) is 1. The molecule has 0 aliphatic heterocycles. The highest BCUT2D eigenvalue weighted by Gasteiger charge is 2.11. The van der Waals surface area contributed by atoms with Gasteiger partial charge in [-0.15, -0.1) is 0 Å². The number of nitrogens with two attached hydrogens (primary N) is 1. The summed E-state index contributed by atoms with van der Waals surface area (Å²) in [5.41, 5.74) is 5.18. The molecule has 60 valence electrons. The predicted molar refractivity (Wildman–Crippen MR) is 38.8 cm³/mol. The third kappa shape index (κ3) is 3.42. The van der Waals surface area contributed by atoms with Crippen LogP contribution in [0.1, 0.15) is 13.3 Å². The molecule has 0 saturated carbocycles. The summed E-state index contributed by atoms with van der Waals surface area (Å²) in [5.74, 6) is -0.809. The molecule has 0 fully saturated rings. The van der Waals surface area contributed by atoms with Gasteiger partial charge in [0.1, 0.15) is 6.04 Å². The van der Waals surface area contributed by atoms with Crippen LogP contribution in [-0.4, -0.2) is 30.2 Å². The van der Waals surface area contributed by atoms with Crippen LogP contribution in [0.15, 0.2) is 0 Å². The Kier molecular flexibility index (Phi) is 4.88. The first-order chi connectivity index (χ1) is 4.72. The molecule has 0 spiro atoms. The average Bonchev–Trinajstić information content (AvgIpc) is 1.89. The molecule has 0 saturated heterocycles. The van der Waals surface area contributed by atoms with Gasteiger partial charge in [-0.2, -0.15) is 0 Å². The van der Waals surface area contributed by atoms with Gasteiger partial charge in [0.05, 0.1) is 0 Å². The van der Waals surface area contributed by atoms with Gasteiger partial charge in [0.25, 0.3) is 0 Å². The van der Waals surface area contributed by atoms with Crippen molar-refractivity contribution < 1.29 is 9.90 Å². The SMILES string of the molecule is CCC(NCCN)C(=O)O. The molecular weight excluding hydrogens is 132 g/mol. The maximum atomic E-state index is 10.3. The zero-order valence-corrected chi connectivity index (χ0v) is 6.13. The van der Waals surface area contributed by atoms with Gasteiger partial charge in [0.2, 0.25) is 0 Å². The fourth-order valence-electron chi connectivity index (χ4n) is 0.664. The second kappa shape index (κ2) is 5.20. The van der Waals surface area contributed by atoms with E-state index in [1.54, 1.807) is 0 Å². The van der Waals surface area contributed by atoms with E-state index >= 15 is 0 Å². The minimum Gasteiger partial charge on any atom is -0.480 e. The van der Waals surface area contributed by atoms with Crippen LogP contribution in [0.3, 0.4) is 0 Å². The van der Waals surface area contributed by atoms with Crippen molar-refractivity contribution in [2.75, 3.05) is 13.1 Å². The van der Waals surface area contributed by atoms with Crippen LogP contribution in [0.25, 0.3) is 0 Å². The molecule has 0 aromatic rings. The third-order valence-electron chi connectivity index (χ3n) is 1.24. The van der Waals surface area contributed by atoms with E-state index in [0.29, 0.717) is 19.5 Å². The molecule has 4 N–H and O–H groups in total. The molecule has 4 heteroatoms. The number of nitrogens with one attached hydrogen (secondary N) is 1. The summed E-state index contributed by atoms with van der Waals surface area (Å²) in [7, 11) is 0. The van der Waals surface area contributed by atoms with Crippen molar-refractivity contribution >= 4 is 5.97 Å². The normalized spacial score (nSPS) is 13.0. The van der Waals surface area contributed by atoms with E-state index in [0.717, 1.165) is 0 Å². The molecule has 10 heavy (non-hydrogen) atoms. The van der Waals surface area contributed by atoms with Gasteiger partial charge in [-0.1, -0.05) is 6.92 Å². The van der Waals surface area contributed by atoms with E-state index in [-0.39, 0.29) is 0 Å². The molecular formula is C6H14N2O2. The molecule has 4 nitrogen and oxygen atoms in total. The van der Waals surface area contributed by atoms with Crippen LogP contribution in [0.2, 0.25) is 0 Å². The van der Waals surface area contributed by atoms with Crippen molar-refractivity contribution in [3.8, 4) is 0 Å². The zero-order valence-electron chi connectivity index (χ0n) is 6.13. The largest absolute Gasteiger partial charge is 0.480 e. The number of carboxylic acids is 1. The maximum absolute atomic E-state index is 10.3. The quantitative estimate of drug-likeness (QED) is 0.484. The molecule has 0 bridgehead atoms. The summed E-state index contributed by atoms with van der Waals surface area (Å²) < 4.78 is 0.